The zero-order valence-electron chi connectivity index (χ0n) is 11.3. The summed E-state index contributed by atoms with van der Waals surface area (Å²) in [7, 11) is 0. The fraction of sp³-hybridized carbons (Fsp3) is 0.267. The lowest BCUT2D eigenvalue weighted by Gasteiger charge is -2.13. The third-order valence-corrected chi connectivity index (χ3v) is 3.60. The summed E-state index contributed by atoms with van der Waals surface area (Å²) in [4.78, 5) is 12.3. The predicted octanol–water partition coefficient (Wildman–Crippen LogP) is 4.14. The first-order valence-corrected chi connectivity index (χ1v) is 7.05. The van der Waals surface area contributed by atoms with Gasteiger partial charge in [0.15, 0.2) is 0 Å². The van der Waals surface area contributed by atoms with Crippen LogP contribution in [0, 0.1) is 13.8 Å². The van der Waals surface area contributed by atoms with Gasteiger partial charge in [-0.1, -0.05) is 15.9 Å². The fourth-order valence-electron chi connectivity index (χ4n) is 2.18. The molecule has 0 aliphatic rings. The van der Waals surface area contributed by atoms with Crippen molar-refractivity contribution in [1.82, 2.24) is 4.57 Å². The number of aryl methyl sites for hydroxylation is 3. The quantitative estimate of drug-likeness (QED) is 0.906. The first-order chi connectivity index (χ1) is 9.02. The zero-order valence-corrected chi connectivity index (χ0v) is 12.9. The van der Waals surface area contributed by atoms with Crippen LogP contribution in [0.15, 0.2) is 34.9 Å². The van der Waals surface area contributed by atoms with Crippen molar-refractivity contribution >= 4 is 27.5 Å². The number of anilines is 1. The van der Waals surface area contributed by atoms with Crippen LogP contribution in [0.3, 0.4) is 0 Å². The Bertz CT molecular complexity index is 593. The predicted molar refractivity (Wildman–Crippen MR) is 81.7 cm³/mol. The Morgan fingerprint density at radius 1 is 1.32 bits per heavy atom. The van der Waals surface area contributed by atoms with Gasteiger partial charge in [0.1, 0.15) is 5.69 Å². The van der Waals surface area contributed by atoms with Gasteiger partial charge in [0, 0.05) is 22.9 Å². The average molecular weight is 321 g/mol. The van der Waals surface area contributed by atoms with Gasteiger partial charge < -0.3 is 9.88 Å². The Labute approximate surface area is 121 Å². The summed E-state index contributed by atoms with van der Waals surface area (Å²) in [6, 6.07) is 7.73. The van der Waals surface area contributed by atoms with Gasteiger partial charge in [-0.25, -0.2) is 0 Å². The van der Waals surface area contributed by atoms with Crippen LogP contribution < -0.4 is 5.32 Å². The van der Waals surface area contributed by atoms with E-state index in [1.165, 1.54) is 0 Å². The van der Waals surface area contributed by atoms with E-state index in [1.54, 1.807) is 0 Å². The highest BCUT2D eigenvalue weighted by atomic mass is 79.9. The normalized spacial score (nSPS) is 10.5. The molecule has 0 unspecified atom stereocenters. The smallest absolute Gasteiger partial charge is 0.272 e. The van der Waals surface area contributed by atoms with E-state index in [0.29, 0.717) is 5.69 Å². The number of halogens is 1. The van der Waals surface area contributed by atoms with Crippen LogP contribution in [0.25, 0.3) is 0 Å². The Morgan fingerprint density at radius 3 is 2.53 bits per heavy atom. The van der Waals surface area contributed by atoms with E-state index in [4.69, 9.17) is 0 Å². The number of carbonyl (C=O) groups excluding carboxylic acids is 1. The Balaban J connectivity index is 2.29. The van der Waals surface area contributed by atoms with E-state index in [2.05, 4.69) is 21.2 Å². The van der Waals surface area contributed by atoms with E-state index < -0.39 is 0 Å². The maximum absolute atomic E-state index is 12.3. The van der Waals surface area contributed by atoms with Crippen molar-refractivity contribution in [3.8, 4) is 0 Å². The van der Waals surface area contributed by atoms with Crippen LogP contribution in [0.2, 0.25) is 0 Å². The molecule has 0 aliphatic carbocycles. The molecule has 1 heterocycles. The van der Waals surface area contributed by atoms with Crippen LogP contribution in [0.5, 0.6) is 0 Å². The van der Waals surface area contributed by atoms with E-state index in [9.17, 15) is 4.79 Å². The summed E-state index contributed by atoms with van der Waals surface area (Å²) in [5, 5.41) is 3.00. The molecule has 0 aliphatic heterocycles. The van der Waals surface area contributed by atoms with Crippen LogP contribution in [-0.4, -0.2) is 10.5 Å². The minimum atomic E-state index is -0.0691. The number of aromatic nitrogens is 1. The molecule has 2 rings (SSSR count). The van der Waals surface area contributed by atoms with Crippen molar-refractivity contribution in [3.63, 3.8) is 0 Å². The van der Waals surface area contributed by atoms with Gasteiger partial charge in [-0.3, -0.25) is 4.79 Å². The van der Waals surface area contributed by atoms with Gasteiger partial charge in [-0.2, -0.15) is 0 Å². The molecule has 0 saturated carbocycles. The third kappa shape index (κ3) is 2.89. The lowest BCUT2D eigenvalue weighted by molar-refractivity contribution is 0.101. The highest BCUT2D eigenvalue weighted by Gasteiger charge is 2.13. The second kappa shape index (κ2) is 5.61. The molecule has 0 fully saturated rings. The first-order valence-electron chi connectivity index (χ1n) is 6.26. The molecule has 19 heavy (non-hydrogen) atoms. The van der Waals surface area contributed by atoms with Crippen molar-refractivity contribution in [1.29, 1.82) is 0 Å². The lowest BCUT2D eigenvalue weighted by atomic mass is 10.1. The third-order valence-electron chi connectivity index (χ3n) is 3.14. The molecule has 0 atom stereocenters. The molecule has 1 amide bonds. The number of carbonyl (C=O) groups is 1. The molecule has 4 heteroatoms. The molecule has 100 valence electrons. The average Bonchev–Trinajstić information content (AvgIpc) is 2.81. The number of hydrogen-bond acceptors (Lipinski definition) is 1. The number of nitrogens with one attached hydrogen (secondary N) is 1. The van der Waals surface area contributed by atoms with Gasteiger partial charge in [-0.15, -0.1) is 0 Å². The molecule has 3 nitrogen and oxygen atoms in total. The molecule has 1 aromatic carbocycles. The largest absolute Gasteiger partial charge is 0.344 e. The van der Waals surface area contributed by atoms with Crippen LogP contribution in [0.4, 0.5) is 5.69 Å². The Morgan fingerprint density at radius 2 is 1.95 bits per heavy atom. The molecular formula is C15H17BrN2O. The van der Waals surface area contributed by atoms with Gasteiger partial charge in [-0.05, 0) is 56.2 Å². The summed E-state index contributed by atoms with van der Waals surface area (Å²) in [5.41, 5.74) is 3.67. The standard InChI is InChI=1S/C15H17BrN2O/c1-4-18-7-5-6-13(18)15(19)17-14-10(2)8-12(16)9-11(14)3/h5-9H,4H2,1-3H3,(H,17,19). The molecule has 1 aromatic heterocycles. The van der Waals surface area contributed by atoms with E-state index >= 15 is 0 Å². The second-order valence-corrected chi connectivity index (χ2v) is 5.46. The summed E-state index contributed by atoms with van der Waals surface area (Å²) in [6.07, 6.45) is 1.91. The van der Waals surface area contributed by atoms with Crippen molar-refractivity contribution in [3.05, 3.63) is 51.8 Å². The highest BCUT2D eigenvalue weighted by Crippen LogP contribution is 2.25. The Kier molecular flexibility index (Phi) is 4.10. The van der Waals surface area contributed by atoms with E-state index in [1.807, 2.05) is 55.8 Å². The monoisotopic (exact) mass is 320 g/mol. The van der Waals surface area contributed by atoms with Gasteiger partial charge in [0.2, 0.25) is 0 Å². The van der Waals surface area contributed by atoms with Gasteiger partial charge in [0.25, 0.3) is 5.91 Å². The molecule has 0 spiro atoms. The second-order valence-electron chi connectivity index (χ2n) is 4.55. The van der Waals surface area contributed by atoms with Gasteiger partial charge in [0.05, 0.1) is 0 Å². The minimum Gasteiger partial charge on any atom is -0.344 e. The molecule has 2 aromatic rings. The molecule has 1 N–H and O–H groups in total. The summed E-state index contributed by atoms with van der Waals surface area (Å²) < 4.78 is 2.95. The van der Waals surface area contributed by atoms with Crippen LogP contribution >= 0.6 is 15.9 Å². The van der Waals surface area contributed by atoms with Gasteiger partial charge >= 0.3 is 0 Å². The number of hydrogen-bond donors (Lipinski definition) is 1. The van der Waals surface area contributed by atoms with Crippen molar-refractivity contribution in [2.75, 3.05) is 5.32 Å². The molecule has 0 radical (unpaired) electrons. The van der Waals surface area contributed by atoms with Crippen molar-refractivity contribution in [2.45, 2.75) is 27.3 Å². The molecule has 0 bridgehead atoms. The molecular weight excluding hydrogens is 304 g/mol. The minimum absolute atomic E-state index is 0.0691. The maximum Gasteiger partial charge on any atom is 0.272 e. The van der Waals surface area contributed by atoms with E-state index in [-0.39, 0.29) is 5.91 Å². The summed E-state index contributed by atoms with van der Waals surface area (Å²) in [6.45, 7) is 6.79. The Hall–Kier alpha value is -1.55. The molecule has 0 saturated heterocycles. The maximum atomic E-state index is 12.3. The number of amides is 1. The van der Waals surface area contributed by atoms with Crippen LogP contribution in [-0.2, 0) is 6.54 Å². The summed E-state index contributed by atoms with van der Waals surface area (Å²) in [5.74, 6) is -0.0691. The van der Waals surface area contributed by atoms with Crippen LogP contribution in [0.1, 0.15) is 28.5 Å². The number of benzene rings is 1. The number of nitrogens with zero attached hydrogens (tertiary/aromatic N) is 1. The topological polar surface area (TPSA) is 34.0 Å². The zero-order chi connectivity index (χ0) is 14.0. The highest BCUT2D eigenvalue weighted by molar-refractivity contribution is 9.10. The fourth-order valence-corrected chi connectivity index (χ4v) is 2.87. The number of rotatable bonds is 3. The van der Waals surface area contributed by atoms with Crippen molar-refractivity contribution < 1.29 is 4.79 Å². The first kappa shape index (κ1) is 13.9. The van der Waals surface area contributed by atoms with E-state index in [0.717, 1.165) is 27.8 Å². The summed E-state index contributed by atoms with van der Waals surface area (Å²) >= 11 is 3.46. The SMILES string of the molecule is CCn1cccc1C(=O)Nc1c(C)cc(Br)cc1C. The lowest BCUT2D eigenvalue weighted by Crippen LogP contribution is -2.17. The van der Waals surface area contributed by atoms with Crippen molar-refractivity contribution in [2.24, 2.45) is 0 Å².